The molecule has 0 fully saturated rings. The number of carbonyl (C=O) groups excluding carboxylic acids is 3. The van der Waals surface area contributed by atoms with Gasteiger partial charge in [0.2, 0.25) is 0 Å². The fourth-order valence-corrected chi connectivity index (χ4v) is 0. The fourth-order valence-electron chi connectivity index (χ4n) is 0. The van der Waals surface area contributed by atoms with E-state index < -0.39 is 17.9 Å². The maximum absolute atomic E-state index is 8.89. The number of hydrogen-bond acceptors (Lipinski definition) is 6. The van der Waals surface area contributed by atoms with Crippen LogP contribution in [0.5, 0.6) is 0 Å². The van der Waals surface area contributed by atoms with Crippen LogP contribution >= 0.6 is 0 Å². The molecule has 0 spiro atoms. The summed E-state index contributed by atoms with van der Waals surface area (Å²) in [4.78, 5) is 26.7. The summed E-state index contributed by atoms with van der Waals surface area (Å²) in [5.74, 6) is -3.25. The standard InChI is InChI=1S/3C2H4O2.Pb/c3*1-2(3)4;/h3*1H3,(H,3,4);/p-3. The maximum Gasteiger partial charge on any atom is 0.0383 e. The smallest absolute Gasteiger partial charge is 0.0383 e. The molecule has 0 N–H and O–H groups in total. The van der Waals surface area contributed by atoms with E-state index in [-0.39, 0.29) is 27.3 Å². The van der Waals surface area contributed by atoms with Gasteiger partial charge in [0.15, 0.2) is 0 Å². The van der Waals surface area contributed by atoms with E-state index in [4.69, 9.17) is 29.7 Å². The van der Waals surface area contributed by atoms with Crippen LogP contribution in [0.25, 0.3) is 0 Å². The Morgan fingerprint density at radius 3 is 0.692 bits per heavy atom. The summed E-state index contributed by atoms with van der Waals surface area (Å²) in [6.45, 7) is 2.92. The van der Waals surface area contributed by atoms with Crippen LogP contribution in [0.3, 0.4) is 0 Å². The number of carboxylic acid groups (broad SMARTS) is 3. The number of hydrogen-bond donors (Lipinski definition) is 0. The van der Waals surface area contributed by atoms with Crippen LogP contribution in [0.1, 0.15) is 20.8 Å². The SMILES string of the molecule is CC(=O)[O-].CC(=O)[O-].CC(=O)[O-].[Pb]. The topological polar surface area (TPSA) is 120 Å². The molecule has 0 aliphatic heterocycles. The van der Waals surface area contributed by atoms with Crippen LogP contribution in [0.15, 0.2) is 0 Å². The van der Waals surface area contributed by atoms with Gasteiger partial charge in [0.05, 0.1) is 0 Å². The first-order chi connectivity index (χ1) is 5.20. The number of carboxylic acids is 3. The Labute approximate surface area is 95.7 Å². The van der Waals surface area contributed by atoms with Crippen molar-refractivity contribution in [3.05, 3.63) is 0 Å². The van der Waals surface area contributed by atoms with E-state index in [9.17, 15) is 0 Å². The van der Waals surface area contributed by atoms with Gasteiger partial charge in [0.25, 0.3) is 0 Å². The first kappa shape index (κ1) is 22.8. The van der Waals surface area contributed by atoms with Crippen molar-refractivity contribution in [2.45, 2.75) is 20.8 Å². The van der Waals surface area contributed by atoms with Crippen molar-refractivity contribution < 1.29 is 29.7 Å². The molecule has 6 nitrogen and oxygen atoms in total. The first-order valence-electron chi connectivity index (χ1n) is 2.72. The number of rotatable bonds is 0. The zero-order valence-corrected chi connectivity index (χ0v) is 11.3. The first-order valence-corrected chi connectivity index (χ1v) is 2.72. The molecule has 0 bridgehead atoms. The van der Waals surface area contributed by atoms with Crippen LogP contribution < -0.4 is 15.3 Å². The van der Waals surface area contributed by atoms with Crippen molar-refractivity contribution in [3.8, 4) is 0 Å². The van der Waals surface area contributed by atoms with Crippen molar-refractivity contribution >= 4 is 45.2 Å². The van der Waals surface area contributed by atoms with Crippen LogP contribution in [0.4, 0.5) is 0 Å². The summed E-state index contributed by atoms with van der Waals surface area (Å²) in [6, 6.07) is 0. The van der Waals surface area contributed by atoms with Gasteiger partial charge < -0.3 is 29.7 Å². The second-order valence-electron chi connectivity index (χ2n) is 1.47. The van der Waals surface area contributed by atoms with Gasteiger partial charge in [-0.2, -0.15) is 0 Å². The summed E-state index contributed by atoms with van der Waals surface area (Å²) < 4.78 is 0. The molecule has 0 aromatic heterocycles. The van der Waals surface area contributed by atoms with E-state index in [1.807, 2.05) is 0 Å². The Balaban J connectivity index is -0.0000000450. The third-order valence-corrected chi connectivity index (χ3v) is 0. The summed E-state index contributed by atoms with van der Waals surface area (Å²) in [5.41, 5.74) is 0. The average Bonchev–Trinajstić information content (AvgIpc) is 1.54. The Kier molecular flexibility index (Phi) is 30.6. The minimum atomic E-state index is -1.08. The Bertz CT molecular complexity index is 115. The van der Waals surface area contributed by atoms with Crippen LogP contribution in [-0.4, -0.2) is 45.2 Å². The molecular weight excluding hydrogens is 375 g/mol. The predicted octanol–water partition coefficient (Wildman–Crippen LogP) is -4.11. The molecule has 0 unspecified atom stereocenters. The molecule has 4 radical (unpaired) electrons. The third kappa shape index (κ3) is 2210. The van der Waals surface area contributed by atoms with Crippen molar-refractivity contribution in [2.24, 2.45) is 0 Å². The molecule has 0 saturated carbocycles. The quantitative estimate of drug-likeness (QED) is 0.392. The average molecular weight is 384 g/mol. The van der Waals surface area contributed by atoms with Gasteiger partial charge in [-0.1, -0.05) is 0 Å². The molecule has 0 heterocycles. The molecule has 76 valence electrons. The summed E-state index contributed by atoms with van der Waals surface area (Å²) >= 11 is 0. The predicted molar refractivity (Wildman–Crippen MR) is 37.8 cm³/mol. The van der Waals surface area contributed by atoms with E-state index in [2.05, 4.69) is 0 Å². The van der Waals surface area contributed by atoms with Gasteiger partial charge in [0.1, 0.15) is 0 Å². The normalized spacial score (nSPS) is 5.77. The van der Waals surface area contributed by atoms with Crippen LogP contribution in [0, 0.1) is 0 Å². The second kappa shape index (κ2) is 17.4. The molecule has 0 aromatic rings. The molecule has 0 saturated heterocycles. The minimum Gasteiger partial charge on any atom is -0.550 e. The minimum absolute atomic E-state index is 0. The van der Waals surface area contributed by atoms with E-state index in [0.29, 0.717) is 0 Å². The monoisotopic (exact) mass is 385 g/mol. The molecule has 0 aliphatic carbocycles. The number of carbonyl (C=O) groups is 3. The summed E-state index contributed by atoms with van der Waals surface area (Å²) in [6.07, 6.45) is 0. The second-order valence-corrected chi connectivity index (χ2v) is 1.47. The van der Waals surface area contributed by atoms with Crippen molar-refractivity contribution in [1.29, 1.82) is 0 Å². The van der Waals surface area contributed by atoms with E-state index in [1.165, 1.54) is 0 Å². The van der Waals surface area contributed by atoms with Gasteiger partial charge in [-0.25, -0.2) is 0 Å². The van der Waals surface area contributed by atoms with Crippen molar-refractivity contribution in [2.75, 3.05) is 0 Å². The van der Waals surface area contributed by atoms with Gasteiger partial charge in [-0.05, 0) is 20.8 Å². The maximum atomic E-state index is 8.89. The molecule has 7 heteroatoms. The third-order valence-electron chi connectivity index (χ3n) is 0. The van der Waals surface area contributed by atoms with Gasteiger partial charge in [-0.3, -0.25) is 0 Å². The van der Waals surface area contributed by atoms with E-state index >= 15 is 0 Å². The zero-order chi connectivity index (χ0) is 10.7. The number of aliphatic carboxylic acids is 3. The van der Waals surface area contributed by atoms with Gasteiger partial charge in [-0.15, -0.1) is 0 Å². The molecule has 0 atom stereocenters. The fraction of sp³-hybridized carbons (Fsp3) is 0.500. The Morgan fingerprint density at radius 1 is 0.692 bits per heavy atom. The molecule has 0 aliphatic rings. The van der Waals surface area contributed by atoms with Crippen LogP contribution in [0.2, 0.25) is 0 Å². The Morgan fingerprint density at radius 2 is 0.692 bits per heavy atom. The van der Waals surface area contributed by atoms with Gasteiger partial charge in [0, 0.05) is 45.2 Å². The molecule has 13 heavy (non-hydrogen) atoms. The molecule has 0 amide bonds. The molecule has 0 aromatic carbocycles. The molecular formula is C6H9O6Pb-3. The van der Waals surface area contributed by atoms with Gasteiger partial charge >= 0.3 is 0 Å². The largest absolute Gasteiger partial charge is 0.550 e. The van der Waals surface area contributed by atoms with E-state index in [0.717, 1.165) is 20.8 Å². The zero-order valence-electron chi connectivity index (χ0n) is 7.45. The summed E-state index contributed by atoms with van der Waals surface area (Å²) in [7, 11) is 0. The van der Waals surface area contributed by atoms with Crippen LogP contribution in [-0.2, 0) is 14.4 Å². The van der Waals surface area contributed by atoms with E-state index in [1.54, 1.807) is 0 Å². The van der Waals surface area contributed by atoms with Crippen molar-refractivity contribution in [1.82, 2.24) is 0 Å². The van der Waals surface area contributed by atoms with Crippen molar-refractivity contribution in [3.63, 3.8) is 0 Å². The Hall–Kier alpha value is -0.668. The summed E-state index contributed by atoms with van der Waals surface area (Å²) in [5, 5.41) is 26.7. The molecule has 0 rings (SSSR count).